The van der Waals surface area contributed by atoms with Crippen molar-refractivity contribution in [1.29, 1.82) is 0 Å². The van der Waals surface area contributed by atoms with Crippen LogP contribution in [0.4, 0.5) is 0 Å². The van der Waals surface area contributed by atoms with E-state index in [1.807, 2.05) is 26.2 Å². The zero-order chi connectivity index (χ0) is 19.8. The first kappa shape index (κ1) is 21.5. The molecule has 0 aromatic heterocycles. The lowest BCUT2D eigenvalue weighted by Crippen LogP contribution is -2.42. The number of likely N-dealkylation sites (N-methyl/N-ethyl adjacent to an activating group) is 1. The van der Waals surface area contributed by atoms with E-state index >= 15 is 0 Å². The molecule has 1 fully saturated rings. The lowest BCUT2D eigenvalue weighted by atomic mass is 9.81. The molecule has 1 aromatic carbocycles. The van der Waals surface area contributed by atoms with Crippen LogP contribution < -0.4 is 10.1 Å². The van der Waals surface area contributed by atoms with Crippen molar-refractivity contribution in [2.24, 2.45) is 11.8 Å². The second-order valence-electron chi connectivity index (χ2n) is 7.80. The van der Waals surface area contributed by atoms with Gasteiger partial charge in [-0.05, 0) is 45.0 Å². The highest BCUT2D eigenvalue weighted by molar-refractivity contribution is 5.76. The number of piperidine rings is 1. The lowest BCUT2D eigenvalue weighted by Gasteiger charge is -2.38. The number of carbonyl (C=O) groups is 1. The van der Waals surface area contributed by atoms with E-state index in [1.54, 1.807) is 13.2 Å². The van der Waals surface area contributed by atoms with Gasteiger partial charge in [-0.3, -0.25) is 9.69 Å². The fraction of sp³-hybridized carbons (Fsp3) is 0.667. The molecule has 0 bridgehead atoms. The Morgan fingerprint density at radius 1 is 1.37 bits per heavy atom. The quantitative estimate of drug-likeness (QED) is 0.691. The molecular formula is C21H35N3O3. The number of nitrogens with zero attached hydrogens (tertiary/aromatic N) is 2. The molecule has 2 rings (SSSR count). The molecule has 0 unspecified atom stereocenters. The van der Waals surface area contributed by atoms with Crippen molar-refractivity contribution in [1.82, 2.24) is 15.1 Å². The average molecular weight is 378 g/mol. The third-order valence-corrected chi connectivity index (χ3v) is 5.52. The number of aromatic hydroxyl groups is 1. The van der Waals surface area contributed by atoms with Gasteiger partial charge in [-0.1, -0.05) is 19.4 Å². The summed E-state index contributed by atoms with van der Waals surface area (Å²) in [5.74, 6) is 2.07. The van der Waals surface area contributed by atoms with Gasteiger partial charge in [0.2, 0.25) is 5.91 Å². The van der Waals surface area contributed by atoms with Crippen molar-refractivity contribution in [3.8, 4) is 11.5 Å². The number of nitrogens with one attached hydrogen (secondary N) is 1. The minimum absolute atomic E-state index is 0.168. The van der Waals surface area contributed by atoms with E-state index in [0.717, 1.165) is 44.6 Å². The molecule has 1 aromatic rings. The summed E-state index contributed by atoms with van der Waals surface area (Å²) in [6.07, 6.45) is 2.71. The molecule has 0 spiro atoms. The number of methoxy groups -OCH3 is 1. The summed E-state index contributed by atoms with van der Waals surface area (Å²) < 4.78 is 5.15. The summed E-state index contributed by atoms with van der Waals surface area (Å²) in [5.41, 5.74) is 0.922. The SMILES string of the molecule is CC[C@H]1CN(Cc2ccc(OC)cc2O)CC[C@H]1CC(=O)NCCN(C)C. The van der Waals surface area contributed by atoms with Gasteiger partial charge in [0.1, 0.15) is 11.5 Å². The molecule has 6 nitrogen and oxygen atoms in total. The molecule has 1 saturated heterocycles. The molecule has 0 saturated carbocycles. The zero-order valence-electron chi connectivity index (χ0n) is 17.2. The molecule has 27 heavy (non-hydrogen) atoms. The third-order valence-electron chi connectivity index (χ3n) is 5.52. The average Bonchev–Trinajstić information content (AvgIpc) is 2.64. The summed E-state index contributed by atoms with van der Waals surface area (Å²) in [4.78, 5) is 16.7. The Morgan fingerprint density at radius 3 is 2.78 bits per heavy atom. The van der Waals surface area contributed by atoms with Crippen molar-refractivity contribution in [2.75, 3.05) is 47.4 Å². The van der Waals surface area contributed by atoms with Crippen LogP contribution in [0.25, 0.3) is 0 Å². The molecular weight excluding hydrogens is 342 g/mol. The topological polar surface area (TPSA) is 65.0 Å². The Hall–Kier alpha value is -1.79. The Labute approximate surface area is 163 Å². The smallest absolute Gasteiger partial charge is 0.220 e. The predicted molar refractivity (Wildman–Crippen MR) is 108 cm³/mol. The van der Waals surface area contributed by atoms with Crippen molar-refractivity contribution in [3.63, 3.8) is 0 Å². The monoisotopic (exact) mass is 377 g/mol. The summed E-state index contributed by atoms with van der Waals surface area (Å²) >= 11 is 0. The molecule has 1 aliphatic rings. The highest BCUT2D eigenvalue weighted by Gasteiger charge is 2.29. The number of rotatable bonds is 9. The maximum atomic E-state index is 12.2. The molecule has 0 radical (unpaired) electrons. The van der Waals surface area contributed by atoms with Gasteiger partial charge in [0.05, 0.1) is 7.11 Å². The summed E-state index contributed by atoms with van der Waals surface area (Å²) in [7, 11) is 5.62. The number of phenolic OH excluding ortho intramolecular Hbond substituents is 1. The van der Waals surface area contributed by atoms with Crippen molar-refractivity contribution in [3.05, 3.63) is 23.8 Å². The predicted octanol–water partition coefficient (Wildman–Crippen LogP) is 2.32. The number of likely N-dealkylation sites (tertiary alicyclic amines) is 1. The van der Waals surface area contributed by atoms with Gasteiger partial charge in [0.15, 0.2) is 0 Å². The number of hydrogen-bond acceptors (Lipinski definition) is 5. The minimum Gasteiger partial charge on any atom is -0.507 e. The van der Waals surface area contributed by atoms with Crippen LogP contribution in [-0.2, 0) is 11.3 Å². The van der Waals surface area contributed by atoms with Crippen LogP contribution in [0.15, 0.2) is 18.2 Å². The number of ether oxygens (including phenoxy) is 1. The standard InChI is InChI=1S/C21H35N3O3/c1-5-16-14-24(15-18-6-7-19(27-4)13-20(18)25)10-8-17(16)12-21(26)22-9-11-23(2)3/h6-7,13,16-17,25H,5,8-12,14-15H2,1-4H3,(H,22,26)/t16-,17-/m0/s1. The maximum absolute atomic E-state index is 12.2. The molecule has 1 amide bonds. The highest BCUT2D eigenvalue weighted by atomic mass is 16.5. The molecule has 2 N–H and O–H groups in total. The second kappa shape index (κ2) is 10.5. The van der Waals surface area contributed by atoms with Gasteiger partial charge >= 0.3 is 0 Å². The molecule has 6 heteroatoms. The van der Waals surface area contributed by atoms with Crippen LogP contribution in [0.3, 0.4) is 0 Å². The van der Waals surface area contributed by atoms with Crippen LogP contribution in [0.5, 0.6) is 11.5 Å². The van der Waals surface area contributed by atoms with E-state index in [4.69, 9.17) is 4.74 Å². The largest absolute Gasteiger partial charge is 0.507 e. The van der Waals surface area contributed by atoms with E-state index in [0.29, 0.717) is 30.6 Å². The molecule has 1 aliphatic heterocycles. The Balaban J connectivity index is 1.85. The maximum Gasteiger partial charge on any atom is 0.220 e. The van der Waals surface area contributed by atoms with Gasteiger partial charge in [-0.15, -0.1) is 0 Å². The van der Waals surface area contributed by atoms with Gasteiger partial charge in [0, 0.05) is 44.2 Å². The van der Waals surface area contributed by atoms with Gasteiger partial charge in [0.25, 0.3) is 0 Å². The lowest BCUT2D eigenvalue weighted by molar-refractivity contribution is -0.123. The van der Waals surface area contributed by atoms with Crippen LogP contribution in [0, 0.1) is 11.8 Å². The van der Waals surface area contributed by atoms with E-state index in [1.165, 1.54) is 0 Å². The summed E-state index contributed by atoms with van der Waals surface area (Å²) in [6, 6.07) is 5.48. The molecule has 1 heterocycles. The first-order chi connectivity index (χ1) is 12.9. The van der Waals surface area contributed by atoms with Gasteiger partial charge < -0.3 is 20.1 Å². The highest BCUT2D eigenvalue weighted by Crippen LogP contribution is 2.31. The Bertz CT molecular complexity index is 606. The molecule has 0 aliphatic carbocycles. The number of benzene rings is 1. The zero-order valence-corrected chi connectivity index (χ0v) is 17.2. The molecule has 2 atom stereocenters. The van der Waals surface area contributed by atoms with E-state index in [2.05, 4.69) is 22.0 Å². The number of carbonyl (C=O) groups excluding carboxylic acids is 1. The third kappa shape index (κ3) is 6.70. The van der Waals surface area contributed by atoms with Gasteiger partial charge in [-0.2, -0.15) is 0 Å². The Morgan fingerprint density at radius 2 is 2.15 bits per heavy atom. The minimum atomic E-state index is 0.168. The van der Waals surface area contributed by atoms with Crippen molar-refractivity contribution < 1.29 is 14.6 Å². The summed E-state index contributed by atoms with van der Waals surface area (Å²) in [6.45, 7) is 6.43. The van der Waals surface area contributed by atoms with E-state index < -0.39 is 0 Å². The van der Waals surface area contributed by atoms with Crippen molar-refractivity contribution >= 4 is 5.91 Å². The van der Waals surface area contributed by atoms with Crippen LogP contribution in [0.2, 0.25) is 0 Å². The van der Waals surface area contributed by atoms with Gasteiger partial charge in [-0.25, -0.2) is 0 Å². The fourth-order valence-electron chi connectivity index (χ4n) is 3.81. The summed E-state index contributed by atoms with van der Waals surface area (Å²) in [5, 5.41) is 13.2. The van der Waals surface area contributed by atoms with Crippen LogP contribution in [0.1, 0.15) is 31.7 Å². The van der Waals surface area contributed by atoms with E-state index in [-0.39, 0.29) is 11.7 Å². The number of hydrogen-bond donors (Lipinski definition) is 2. The first-order valence-corrected chi connectivity index (χ1v) is 9.92. The van der Waals surface area contributed by atoms with E-state index in [9.17, 15) is 9.90 Å². The molecule has 152 valence electrons. The number of phenols is 1. The second-order valence-corrected chi connectivity index (χ2v) is 7.80. The van der Waals surface area contributed by atoms with Crippen LogP contribution >= 0.6 is 0 Å². The number of amides is 1. The van der Waals surface area contributed by atoms with Crippen molar-refractivity contribution in [2.45, 2.75) is 32.7 Å². The van der Waals surface area contributed by atoms with Crippen LogP contribution in [-0.4, -0.2) is 68.2 Å². The normalized spacial score (nSPS) is 20.6. The fourth-order valence-corrected chi connectivity index (χ4v) is 3.81. The Kier molecular flexibility index (Phi) is 8.38. The first-order valence-electron chi connectivity index (χ1n) is 9.92.